The Morgan fingerprint density at radius 2 is 1.74 bits per heavy atom. The quantitative estimate of drug-likeness (QED) is 0.455. The van der Waals surface area contributed by atoms with E-state index in [1.54, 1.807) is 25.1 Å². The second-order valence-electron chi connectivity index (χ2n) is 5.91. The lowest BCUT2D eigenvalue weighted by atomic mass is 10.2. The molecule has 2 aromatic rings. The van der Waals surface area contributed by atoms with Crippen LogP contribution >= 0.6 is 24.0 Å². The molecule has 7 nitrogen and oxygen atoms in total. The molecule has 0 radical (unpaired) electrons. The number of thiocarbonyl (C=S) groups is 1. The van der Waals surface area contributed by atoms with Crippen molar-refractivity contribution < 1.29 is 17.8 Å². The van der Waals surface area contributed by atoms with Gasteiger partial charge in [-0.15, -0.1) is 0 Å². The van der Waals surface area contributed by atoms with E-state index in [1.807, 2.05) is 19.1 Å². The number of thioether (sulfide) groups is 1. The van der Waals surface area contributed by atoms with Gasteiger partial charge in [-0.1, -0.05) is 47.7 Å². The van der Waals surface area contributed by atoms with E-state index >= 15 is 0 Å². The van der Waals surface area contributed by atoms with Crippen LogP contribution in [0.1, 0.15) is 11.1 Å². The number of carbonyl (C=O) groups is 1. The molecule has 140 valence electrons. The number of carbonyl (C=O) groups excluding carboxylic acids is 1. The molecule has 1 unspecified atom stereocenters. The molecule has 1 aliphatic rings. The minimum Gasteiger partial charge on any atom is -0.282 e. The first kappa shape index (κ1) is 19.6. The molecule has 1 aliphatic heterocycles. The fraction of sp³-hybridized carbons (Fsp3) is 0.176. The molecule has 0 saturated carbocycles. The van der Waals surface area contributed by atoms with Crippen LogP contribution in [0.2, 0.25) is 0 Å². The van der Waals surface area contributed by atoms with Gasteiger partial charge in [0.1, 0.15) is 14.9 Å². The highest BCUT2D eigenvalue weighted by Crippen LogP contribution is 2.34. The van der Waals surface area contributed by atoms with E-state index in [1.165, 1.54) is 17.0 Å². The minimum absolute atomic E-state index is 0.0452. The van der Waals surface area contributed by atoms with E-state index in [0.717, 1.165) is 17.3 Å². The first-order valence-electron chi connectivity index (χ1n) is 7.77. The summed E-state index contributed by atoms with van der Waals surface area (Å²) in [6, 6.07) is 11.7. The lowest BCUT2D eigenvalue weighted by Gasteiger charge is -2.14. The number of amides is 1. The zero-order valence-corrected chi connectivity index (χ0v) is 16.8. The SMILES string of the molecule is Cc1ccc(N2C(=O)C(N=Nc3ccc(C)cc3S(=O)(=O)O)SC2=S)cc1. The van der Waals surface area contributed by atoms with Gasteiger partial charge in [-0.05, 0) is 43.7 Å². The predicted molar refractivity (Wildman–Crippen MR) is 108 cm³/mol. The largest absolute Gasteiger partial charge is 0.296 e. The summed E-state index contributed by atoms with van der Waals surface area (Å²) >= 11 is 6.33. The number of nitrogens with zero attached hydrogens (tertiary/aromatic N) is 3. The van der Waals surface area contributed by atoms with E-state index in [4.69, 9.17) is 12.2 Å². The van der Waals surface area contributed by atoms with Crippen molar-refractivity contribution in [1.82, 2.24) is 0 Å². The molecule has 1 N–H and O–H groups in total. The predicted octanol–water partition coefficient (Wildman–Crippen LogP) is 4.02. The summed E-state index contributed by atoms with van der Waals surface area (Å²) in [4.78, 5) is 13.7. The Morgan fingerprint density at radius 3 is 2.37 bits per heavy atom. The maximum atomic E-state index is 12.7. The standard InChI is InChI=1S/C17H15N3O4S3/c1-10-3-6-12(7-4-10)20-16(21)15(26-17(20)25)19-18-13-8-5-11(2)9-14(13)27(22,23)24/h3-9,15H,1-2H3,(H,22,23,24). The Bertz CT molecular complexity index is 1050. The van der Waals surface area contributed by atoms with E-state index in [0.29, 0.717) is 15.6 Å². The van der Waals surface area contributed by atoms with E-state index in [9.17, 15) is 17.8 Å². The van der Waals surface area contributed by atoms with Gasteiger partial charge in [0.25, 0.3) is 16.0 Å². The van der Waals surface area contributed by atoms with Gasteiger partial charge < -0.3 is 0 Å². The monoisotopic (exact) mass is 421 g/mol. The van der Waals surface area contributed by atoms with Crippen molar-refractivity contribution in [3.05, 3.63) is 53.6 Å². The summed E-state index contributed by atoms with van der Waals surface area (Å²) in [5.74, 6) is -0.363. The Balaban J connectivity index is 1.88. The van der Waals surface area contributed by atoms with E-state index in [2.05, 4.69) is 10.2 Å². The van der Waals surface area contributed by atoms with Gasteiger partial charge in [0.05, 0.1) is 5.69 Å². The maximum absolute atomic E-state index is 12.7. The number of aryl methyl sites for hydroxylation is 2. The van der Waals surface area contributed by atoms with Gasteiger partial charge >= 0.3 is 0 Å². The highest BCUT2D eigenvalue weighted by atomic mass is 32.2. The molecule has 1 saturated heterocycles. The molecular weight excluding hydrogens is 406 g/mol. The molecule has 1 amide bonds. The van der Waals surface area contributed by atoms with Crippen LogP contribution in [-0.4, -0.2) is 28.6 Å². The lowest BCUT2D eigenvalue weighted by Crippen LogP contribution is -2.30. The fourth-order valence-corrected chi connectivity index (χ4v) is 4.39. The number of hydrogen-bond acceptors (Lipinski definition) is 7. The third-order valence-electron chi connectivity index (χ3n) is 3.78. The zero-order chi connectivity index (χ0) is 19.8. The van der Waals surface area contributed by atoms with Crippen LogP contribution in [0.5, 0.6) is 0 Å². The molecule has 0 bridgehead atoms. The number of anilines is 1. The van der Waals surface area contributed by atoms with Gasteiger partial charge in [-0.25, -0.2) is 0 Å². The van der Waals surface area contributed by atoms with Crippen molar-refractivity contribution in [3.8, 4) is 0 Å². The number of azo groups is 1. The average Bonchev–Trinajstić information content (AvgIpc) is 2.88. The van der Waals surface area contributed by atoms with Crippen LogP contribution in [0.3, 0.4) is 0 Å². The summed E-state index contributed by atoms with van der Waals surface area (Å²) < 4.78 is 32.8. The molecule has 10 heteroatoms. The Morgan fingerprint density at radius 1 is 1.11 bits per heavy atom. The normalized spacial score (nSPS) is 17.9. The van der Waals surface area contributed by atoms with E-state index in [-0.39, 0.29) is 16.5 Å². The number of rotatable bonds is 4. The van der Waals surface area contributed by atoms with Gasteiger partial charge in [-0.2, -0.15) is 18.6 Å². The molecule has 1 heterocycles. The molecule has 0 spiro atoms. The highest BCUT2D eigenvalue weighted by Gasteiger charge is 2.38. The molecule has 2 aromatic carbocycles. The molecule has 1 fully saturated rings. The van der Waals surface area contributed by atoms with Crippen molar-refractivity contribution in [2.45, 2.75) is 24.1 Å². The van der Waals surface area contributed by atoms with Crippen LogP contribution < -0.4 is 4.90 Å². The molecular formula is C17H15N3O4S3. The third kappa shape index (κ3) is 4.24. The van der Waals surface area contributed by atoms with Gasteiger partial charge in [0.2, 0.25) is 5.37 Å². The van der Waals surface area contributed by atoms with Crippen molar-refractivity contribution in [3.63, 3.8) is 0 Å². The average molecular weight is 422 g/mol. The second-order valence-corrected chi connectivity index (χ2v) is 9.01. The Hall–Kier alpha value is -2.14. The smallest absolute Gasteiger partial charge is 0.282 e. The van der Waals surface area contributed by atoms with Gasteiger partial charge in [-0.3, -0.25) is 14.2 Å². The van der Waals surface area contributed by atoms with Gasteiger partial charge in [0.15, 0.2) is 0 Å². The zero-order valence-electron chi connectivity index (χ0n) is 14.4. The van der Waals surface area contributed by atoms with Gasteiger partial charge in [0, 0.05) is 0 Å². The molecule has 1 atom stereocenters. The van der Waals surface area contributed by atoms with Crippen LogP contribution in [-0.2, 0) is 14.9 Å². The van der Waals surface area contributed by atoms with Crippen molar-refractivity contribution >= 4 is 55.7 Å². The van der Waals surface area contributed by atoms with E-state index < -0.39 is 15.5 Å². The van der Waals surface area contributed by atoms with Crippen molar-refractivity contribution in [2.75, 3.05) is 4.90 Å². The third-order valence-corrected chi connectivity index (χ3v) is 6.04. The van der Waals surface area contributed by atoms with Crippen molar-refractivity contribution in [2.24, 2.45) is 10.2 Å². The fourth-order valence-electron chi connectivity index (χ4n) is 2.42. The topological polar surface area (TPSA) is 99.4 Å². The molecule has 0 aromatic heterocycles. The summed E-state index contributed by atoms with van der Waals surface area (Å²) in [5, 5.41) is 6.91. The van der Waals surface area contributed by atoms with Crippen LogP contribution in [0.15, 0.2) is 57.6 Å². The molecule has 3 rings (SSSR count). The summed E-state index contributed by atoms with van der Waals surface area (Å²) in [6.45, 7) is 3.62. The summed E-state index contributed by atoms with van der Waals surface area (Å²) in [5.41, 5.74) is 2.28. The Labute approximate surface area is 166 Å². The molecule has 0 aliphatic carbocycles. The van der Waals surface area contributed by atoms with Crippen LogP contribution in [0.25, 0.3) is 0 Å². The second kappa shape index (κ2) is 7.47. The maximum Gasteiger partial charge on any atom is 0.296 e. The number of hydrogen-bond donors (Lipinski definition) is 1. The van der Waals surface area contributed by atoms with Crippen LogP contribution in [0.4, 0.5) is 11.4 Å². The first-order valence-corrected chi connectivity index (χ1v) is 10.5. The number of benzene rings is 2. The Kier molecular flexibility index (Phi) is 5.43. The van der Waals surface area contributed by atoms with Crippen molar-refractivity contribution in [1.29, 1.82) is 0 Å². The summed E-state index contributed by atoms with van der Waals surface area (Å²) in [6.07, 6.45) is 0. The van der Waals surface area contributed by atoms with Crippen LogP contribution in [0, 0.1) is 13.8 Å². The first-order chi connectivity index (χ1) is 12.7. The molecule has 27 heavy (non-hydrogen) atoms. The minimum atomic E-state index is -4.47. The summed E-state index contributed by atoms with van der Waals surface area (Å²) in [7, 11) is -4.47. The lowest BCUT2D eigenvalue weighted by molar-refractivity contribution is -0.116. The highest BCUT2D eigenvalue weighted by molar-refractivity contribution is 8.25.